The van der Waals surface area contributed by atoms with Crippen LogP contribution in [0.25, 0.3) is 0 Å². The molecule has 1 aliphatic rings. The molecule has 0 radical (unpaired) electrons. The minimum atomic E-state index is -0.303. The molecule has 2 rings (SSSR count). The number of nitrogens with one attached hydrogen (secondary N) is 2. The van der Waals surface area contributed by atoms with Gasteiger partial charge in [0.1, 0.15) is 11.9 Å². The zero-order chi connectivity index (χ0) is 10.1. The second kappa shape index (κ2) is 3.29. The highest BCUT2D eigenvalue weighted by atomic mass is 19.1. The van der Waals surface area contributed by atoms with E-state index in [1.807, 2.05) is 6.92 Å². The number of amides is 1. The first-order valence-electron chi connectivity index (χ1n) is 4.57. The van der Waals surface area contributed by atoms with E-state index in [-0.39, 0.29) is 17.8 Å². The molecule has 0 spiro atoms. The average Bonchev–Trinajstić information content (AvgIpc) is 2.17. The molecule has 0 fully saturated rings. The van der Waals surface area contributed by atoms with Gasteiger partial charge in [-0.05, 0) is 24.6 Å². The summed E-state index contributed by atoms with van der Waals surface area (Å²) in [7, 11) is 0. The van der Waals surface area contributed by atoms with Gasteiger partial charge in [0.2, 0.25) is 5.91 Å². The van der Waals surface area contributed by atoms with E-state index in [0.29, 0.717) is 17.8 Å². The topological polar surface area (TPSA) is 41.1 Å². The van der Waals surface area contributed by atoms with Crippen molar-refractivity contribution in [1.29, 1.82) is 0 Å². The number of hydrogen-bond donors (Lipinski definition) is 2. The average molecular weight is 194 g/mol. The van der Waals surface area contributed by atoms with Crippen LogP contribution in [0.15, 0.2) is 18.2 Å². The molecule has 1 aromatic carbocycles. The van der Waals surface area contributed by atoms with Gasteiger partial charge in [0.05, 0.1) is 11.4 Å². The quantitative estimate of drug-likeness (QED) is 0.717. The molecule has 0 unspecified atom stereocenters. The summed E-state index contributed by atoms with van der Waals surface area (Å²) in [5.41, 5.74) is 1.29. The highest BCUT2D eigenvalue weighted by molar-refractivity contribution is 6.02. The number of benzene rings is 1. The van der Waals surface area contributed by atoms with Gasteiger partial charge in [-0.1, -0.05) is 6.92 Å². The van der Waals surface area contributed by atoms with Gasteiger partial charge in [-0.25, -0.2) is 4.39 Å². The van der Waals surface area contributed by atoms with E-state index in [0.717, 1.165) is 0 Å². The fraction of sp³-hybridized carbons (Fsp3) is 0.300. The van der Waals surface area contributed by atoms with Crippen LogP contribution in [0.3, 0.4) is 0 Å². The number of anilines is 2. The summed E-state index contributed by atoms with van der Waals surface area (Å²) in [6.07, 6.45) is 0.682. The number of carbonyl (C=O) groups excluding carboxylic acids is 1. The van der Waals surface area contributed by atoms with E-state index >= 15 is 0 Å². The summed E-state index contributed by atoms with van der Waals surface area (Å²) in [6.45, 7) is 1.90. The molecule has 0 bridgehead atoms. The van der Waals surface area contributed by atoms with Gasteiger partial charge in [0.25, 0.3) is 0 Å². The van der Waals surface area contributed by atoms with E-state index in [2.05, 4.69) is 10.6 Å². The lowest BCUT2D eigenvalue weighted by Crippen LogP contribution is -2.38. The van der Waals surface area contributed by atoms with Crippen LogP contribution >= 0.6 is 0 Å². The van der Waals surface area contributed by atoms with E-state index in [1.165, 1.54) is 12.1 Å². The lowest BCUT2D eigenvalue weighted by atomic mass is 10.1. The van der Waals surface area contributed by atoms with Gasteiger partial charge < -0.3 is 10.6 Å². The molecule has 4 heteroatoms. The third kappa shape index (κ3) is 1.43. The zero-order valence-corrected chi connectivity index (χ0v) is 7.80. The van der Waals surface area contributed by atoms with Crippen LogP contribution in [0, 0.1) is 5.82 Å². The Labute approximate surface area is 81.3 Å². The SMILES string of the molecule is CC[C@@H]1Nc2cc(F)ccc2NC1=O. The van der Waals surface area contributed by atoms with Crippen molar-refractivity contribution in [3.05, 3.63) is 24.0 Å². The van der Waals surface area contributed by atoms with Crippen molar-refractivity contribution in [2.24, 2.45) is 0 Å². The van der Waals surface area contributed by atoms with Crippen molar-refractivity contribution in [1.82, 2.24) is 0 Å². The second-order valence-electron chi connectivity index (χ2n) is 3.28. The maximum absolute atomic E-state index is 12.9. The van der Waals surface area contributed by atoms with Crippen molar-refractivity contribution >= 4 is 17.3 Å². The monoisotopic (exact) mass is 194 g/mol. The van der Waals surface area contributed by atoms with Crippen LogP contribution in [0.5, 0.6) is 0 Å². The van der Waals surface area contributed by atoms with Crippen LogP contribution in [0.1, 0.15) is 13.3 Å². The van der Waals surface area contributed by atoms with Crippen molar-refractivity contribution in [2.45, 2.75) is 19.4 Å². The maximum atomic E-state index is 12.9. The van der Waals surface area contributed by atoms with Crippen LogP contribution in [-0.2, 0) is 4.79 Å². The third-order valence-electron chi connectivity index (χ3n) is 2.29. The number of fused-ring (bicyclic) bond motifs is 1. The molecule has 3 nitrogen and oxygen atoms in total. The summed E-state index contributed by atoms with van der Waals surface area (Å²) in [4.78, 5) is 11.4. The molecule has 2 N–H and O–H groups in total. The maximum Gasteiger partial charge on any atom is 0.246 e. The minimum absolute atomic E-state index is 0.0633. The molecule has 1 aromatic rings. The Morgan fingerprint density at radius 3 is 2.93 bits per heavy atom. The summed E-state index contributed by atoms with van der Waals surface area (Å²) >= 11 is 0. The lowest BCUT2D eigenvalue weighted by molar-refractivity contribution is -0.117. The van der Waals surface area contributed by atoms with E-state index in [4.69, 9.17) is 0 Å². The molecule has 1 atom stereocenters. The summed E-state index contributed by atoms with van der Waals surface area (Å²) in [6, 6.07) is 4.01. The Morgan fingerprint density at radius 2 is 2.21 bits per heavy atom. The highest BCUT2D eigenvalue weighted by Crippen LogP contribution is 2.27. The van der Waals surface area contributed by atoms with Crippen LogP contribution in [0.2, 0.25) is 0 Å². The van der Waals surface area contributed by atoms with Gasteiger partial charge in [0, 0.05) is 0 Å². The van der Waals surface area contributed by atoms with Crippen LogP contribution in [-0.4, -0.2) is 11.9 Å². The summed E-state index contributed by atoms with van der Waals surface area (Å²) in [5, 5.41) is 5.71. The van der Waals surface area contributed by atoms with Crippen molar-refractivity contribution in [3.8, 4) is 0 Å². The standard InChI is InChI=1S/C10H11FN2O/c1-2-7-10(14)13-8-4-3-6(11)5-9(8)12-7/h3-5,7,12H,2H2,1H3,(H,13,14)/t7-/m0/s1. The molecule has 14 heavy (non-hydrogen) atoms. The van der Waals surface area contributed by atoms with Gasteiger partial charge >= 0.3 is 0 Å². The number of halogens is 1. The van der Waals surface area contributed by atoms with E-state index in [9.17, 15) is 9.18 Å². The fourth-order valence-electron chi connectivity index (χ4n) is 1.51. The lowest BCUT2D eigenvalue weighted by Gasteiger charge is -2.25. The molecular formula is C10H11FN2O. The Balaban J connectivity index is 2.36. The van der Waals surface area contributed by atoms with E-state index in [1.54, 1.807) is 6.07 Å². The number of hydrogen-bond acceptors (Lipinski definition) is 2. The zero-order valence-electron chi connectivity index (χ0n) is 7.80. The predicted octanol–water partition coefficient (Wildman–Crippen LogP) is 1.97. The molecule has 1 aliphatic heterocycles. The minimum Gasteiger partial charge on any atom is -0.372 e. The second-order valence-corrected chi connectivity index (χ2v) is 3.28. The normalized spacial score (nSPS) is 19.6. The predicted molar refractivity (Wildman–Crippen MR) is 52.7 cm³/mol. The molecule has 1 heterocycles. The first kappa shape index (κ1) is 8.99. The molecule has 1 amide bonds. The van der Waals surface area contributed by atoms with Crippen molar-refractivity contribution in [3.63, 3.8) is 0 Å². The first-order valence-corrected chi connectivity index (χ1v) is 4.57. The Hall–Kier alpha value is -1.58. The van der Waals surface area contributed by atoms with Gasteiger partial charge in [-0.2, -0.15) is 0 Å². The molecular weight excluding hydrogens is 183 g/mol. The van der Waals surface area contributed by atoms with E-state index < -0.39 is 0 Å². The van der Waals surface area contributed by atoms with Crippen LogP contribution in [0.4, 0.5) is 15.8 Å². The molecule has 0 saturated carbocycles. The Kier molecular flexibility index (Phi) is 2.11. The van der Waals surface area contributed by atoms with Crippen molar-refractivity contribution < 1.29 is 9.18 Å². The largest absolute Gasteiger partial charge is 0.372 e. The molecule has 0 aliphatic carbocycles. The molecule has 74 valence electrons. The number of carbonyl (C=O) groups is 1. The van der Waals surface area contributed by atoms with Crippen LogP contribution < -0.4 is 10.6 Å². The third-order valence-corrected chi connectivity index (χ3v) is 2.29. The Morgan fingerprint density at radius 1 is 1.43 bits per heavy atom. The summed E-state index contributed by atoms with van der Waals surface area (Å²) < 4.78 is 12.9. The highest BCUT2D eigenvalue weighted by Gasteiger charge is 2.23. The molecule has 0 aromatic heterocycles. The smallest absolute Gasteiger partial charge is 0.246 e. The van der Waals surface area contributed by atoms with Crippen molar-refractivity contribution in [2.75, 3.05) is 10.6 Å². The number of rotatable bonds is 1. The Bertz CT molecular complexity index is 378. The van der Waals surface area contributed by atoms with Gasteiger partial charge in [-0.15, -0.1) is 0 Å². The van der Waals surface area contributed by atoms with Gasteiger partial charge in [-0.3, -0.25) is 4.79 Å². The fourth-order valence-corrected chi connectivity index (χ4v) is 1.51. The molecule has 0 saturated heterocycles. The van der Waals surface area contributed by atoms with Gasteiger partial charge in [0.15, 0.2) is 0 Å². The summed E-state index contributed by atoms with van der Waals surface area (Å²) in [5.74, 6) is -0.367. The first-order chi connectivity index (χ1) is 6.70.